The van der Waals surface area contributed by atoms with Gasteiger partial charge in [-0.15, -0.1) is 0 Å². The van der Waals surface area contributed by atoms with Gasteiger partial charge in [0.2, 0.25) is 5.91 Å². The number of carbonyl (C=O) groups excluding carboxylic acids is 1. The molecule has 0 rings (SSSR count). The highest BCUT2D eigenvalue weighted by Crippen LogP contribution is 1.88. The summed E-state index contributed by atoms with van der Waals surface area (Å²) >= 11 is 0. The number of hydrogen-bond donors (Lipinski definition) is 2. The molecule has 0 saturated carbocycles. The Bertz CT molecular complexity index is 139. The van der Waals surface area contributed by atoms with Gasteiger partial charge in [0.1, 0.15) is 0 Å². The second-order valence-electron chi connectivity index (χ2n) is 3.14. The zero-order valence-electron chi connectivity index (χ0n) is 8.92. The Morgan fingerprint density at radius 3 is 2.79 bits per heavy atom. The molecule has 14 heavy (non-hydrogen) atoms. The zero-order chi connectivity index (χ0) is 10.6. The number of carbonyl (C=O) groups is 1. The van der Waals surface area contributed by atoms with E-state index in [0.29, 0.717) is 26.2 Å². The summed E-state index contributed by atoms with van der Waals surface area (Å²) in [5.74, 6) is 0.0893. The summed E-state index contributed by atoms with van der Waals surface area (Å²) in [6.07, 6.45) is 3.12. The first kappa shape index (κ1) is 13.4. The first-order valence-corrected chi connectivity index (χ1v) is 5.26. The van der Waals surface area contributed by atoms with Gasteiger partial charge in [-0.3, -0.25) is 4.79 Å². The van der Waals surface area contributed by atoms with Crippen LogP contribution in [0.4, 0.5) is 0 Å². The third-order valence-corrected chi connectivity index (χ3v) is 1.74. The van der Waals surface area contributed by atoms with Crippen molar-refractivity contribution in [1.29, 1.82) is 0 Å². The maximum atomic E-state index is 11.0. The van der Waals surface area contributed by atoms with E-state index in [1.165, 1.54) is 0 Å². The highest BCUT2D eigenvalue weighted by Gasteiger charge is 1.96. The number of aliphatic hydroxyl groups is 1. The van der Waals surface area contributed by atoms with Crippen molar-refractivity contribution in [3.63, 3.8) is 0 Å². The minimum absolute atomic E-state index is 0.0893. The molecule has 0 atom stereocenters. The van der Waals surface area contributed by atoms with E-state index in [1.54, 1.807) is 0 Å². The van der Waals surface area contributed by atoms with Crippen molar-refractivity contribution in [2.75, 3.05) is 26.4 Å². The fraction of sp³-hybridized carbons (Fsp3) is 0.900. The lowest BCUT2D eigenvalue weighted by Gasteiger charge is -2.05. The second-order valence-corrected chi connectivity index (χ2v) is 3.14. The Morgan fingerprint density at radius 2 is 2.14 bits per heavy atom. The molecule has 84 valence electrons. The topological polar surface area (TPSA) is 58.6 Å². The maximum absolute atomic E-state index is 11.0. The Labute approximate surface area is 85.6 Å². The van der Waals surface area contributed by atoms with Crippen LogP contribution in [0.2, 0.25) is 0 Å². The largest absolute Gasteiger partial charge is 0.396 e. The molecule has 0 radical (unpaired) electrons. The van der Waals surface area contributed by atoms with Crippen molar-refractivity contribution in [3.05, 3.63) is 0 Å². The number of ether oxygens (including phenoxy) is 1. The third kappa shape index (κ3) is 9.48. The average molecular weight is 203 g/mol. The van der Waals surface area contributed by atoms with E-state index in [4.69, 9.17) is 9.84 Å². The minimum Gasteiger partial charge on any atom is -0.396 e. The van der Waals surface area contributed by atoms with Crippen LogP contribution >= 0.6 is 0 Å². The van der Waals surface area contributed by atoms with Crippen LogP contribution in [-0.4, -0.2) is 37.4 Å². The molecule has 0 aliphatic carbocycles. The summed E-state index contributed by atoms with van der Waals surface area (Å²) in [6, 6.07) is 0. The monoisotopic (exact) mass is 203 g/mol. The number of amides is 1. The zero-order valence-corrected chi connectivity index (χ0v) is 8.92. The molecule has 0 aliphatic heterocycles. The summed E-state index contributed by atoms with van der Waals surface area (Å²) in [7, 11) is 0. The van der Waals surface area contributed by atoms with Gasteiger partial charge in [0, 0.05) is 26.2 Å². The van der Waals surface area contributed by atoms with Gasteiger partial charge in [0.05, 0.1) is 6.61 Å². The van der Waals surface area contributed by atoms with Crippen molar-refractivity contribution >= 4 is 5.91 Å². The van der Waals surface area contributed by atoms with Crippen molar-refractivity contribution in [1.82, 2.24) is 5.32 Å². The van der Waals surface area contributed by atoms with Gasteiger partial charge in [-0.25, -0.2) is 0 Å². The van der Waals surface area contributed by atoms with E-state index < -0.39 is 0 Å². The molecule has 0 aromatic carbocycles. The molecular formula is C10H21NO3. The lowest BCUT2D eigenvalue weighted by Crippen LogP contribution is -2.26. The van der Waals surface area contributed by atoms with Crippen LogP contribution in [0.5, 0.6) is 0 Å². The Hall–Kier alpha value is -0.610. The van der Waals surface area contributed by atoms with E-state index >= 15 is 0 Å². The van der Waals surface area contributed by atoms with Gasteiger partial charge >= 0.3 is 0 Å². The standard InChI is InChI=1S/C10H21NO3/c1-2-5-10(13)11-6-9-14-8-4-3-7-12/h12H,2-9H2,1H3,(H,11,13). The molecule has 0 spiro atoms. The number of unbranched alkanes of at least 4 members (excludes halogenated alkanes) is 1. The summed E-state index contributed by atoms with van der Waals surface area (Å²) in [6.45, 7) is 3.99. The summed E-state index contributed by atoms with van der Waals surface area (Å²) in [5, 5.41) is 11.2. The number of aliphatic hydroxyl groups excluding tert-OH is 1. The normalized spacial score (nSPS) is 10.1. The highest BCUT2D eigenvalue weighted by atomic mass is 16.5. The fourth-order valence-corrected chi connectivity index (χ4v) is 0.996. The maximum Gasteiger partial charge on any atom is 0.220 e. The lowest BCUT2D eigenvalue weighted by atomic mass is 10.3. The highest BCUT2D eigenvalue weighted by molar-refractivity contribution is 5.75. The van der Waals surface area contributed by atoms with Gasteiger partial charge in [0.15, 0.2) is 0 Å². The van der Waals surface area contributed by atoms with Crippen molar-refractivity contribution < 1.29 is 14.6 Å². The van der Waals surface area contributed by atoms with Crippen LogP contribution in [0.1, 0.15) is 32.6 Å². The van der Waals surface area contributed by atoms with E-state index in [-0.39, 0.29) is 12.5 Å². The second kappa shape index (κ2) is 10.5. The van der Waals surface area contributed by atoms with Gasteiger partial charge in [-0.2, -0.15) is 0 Å². The molecule has 0 aromatic heterocycles. The van der Waals surface area contributed by atoms with Gasteiger partial charge < -0.3 is 15.2 Å². The van der Waals surface area contributed by atoms with Gasteiger partial charge in [0.25, 0.3) is 0 Å². The molecule has 0 fully saturated rings. The molecule has 0 aliphatic rings. The summed E-state index contributed by atoms with van der Waals surface area (Å²) < 4.78 is 5.24. The van der Waals surface area contributed by atoms with Crippen LogP contribution in [0.25, 0.3) is 0 Å². The molecule has 0 bridgehead atoms. The third-order valence-electron chi connectivity index (χ3n) is 1.74. The van der Waals surface area contributed by atoms with Gasteiger partial charge in [-0.1, -0.05) is 6.92 Å². The quantitative estimate of drug-likeness (QED) is 0.542. The molecular weight excluding hydrogens is 182 g/mol. The molecule has 0 heterocycles. The van der Waals surface area contributed by atoms with Crippen LogP contribution < -0.4 is 5.32 Å². The molecule has 4 heteroatoms. The summed E-state index contributed by atoms with van der Waals surface area (Å²) in [4.78, 5) is 11.0. The molecule has 4 nitrogen and oxygen atoms in total. The SMILES string of the molecule is CCCC(=O)NCCOCCCCO. The Balaban J connectivity index is 3.01. The van der Waals surface area contributed by atoms with E-state index in [1.807, 2.05) is 6.92 Å². The predicted molar refractivity (Wildman–Crippen MR) is 55.1 cm³/mol. The van der Waals surface area contributed by atoms with E-state index in [9.17, 15) is 4.79 Å². The summed E-state index contributed by atoms with van der Waals surface area (Å²) in [5.41, 5.74) is 0. The Morgan fingerprint density at radius 1 is 1.36 bits per heavy atom. The molecule has 0 saturated heterocycles. The van der Waals surface area contributed by atoms with Crippen LogP contribution in [-0.2, 0) is 9.53 Å². The van der Waals surface area contributed by atoms with Crippen molar-refractivity contribution in [2.24, 2.45) is 0 Å². The predicted octanol–water partition coefficient (Wildman–Crippen LogP) is 0.692. The van der Waals surface area contributed by atoms with Gasteiger partial charge in [-0.05, 0) is 19.3 Å². The number of nitrogens with one attached hydrogen (secondary N) is 1. The first-order valence-electron chi connectivity index (χ1n) is 5.26. The minimum atomic E-state index is 0.0893. The smallest absolute Gasteiger partial charge is 0.220 e. The van der Waals surface area contributed by atoms with Crippen LogP contribution in [0.3, 0.4) is 0 Å². The Kier molecular flexibility index (Phi) is 10.0. The number of hydrogen-bond acceptors (Lipinski definition) is 3. The molecule has 1 amide bonds. The van der Waals surface area contributed by atoms with Crippen LogP contribution in [0, 0.1) is 0 Å². The first-order chi connectivity index (χ1) is 6.81. The number of rotatable bonds is 9. The van der Waals surface area contributed by atoms with Crippen molar-refractivity contribution in [3.8, 4) is 0 Å². The molecule has 0 unspecified atom stereocenters. The fourth-order valence-electron chi connectivity index (χ4n) is 0.996. The van der Waals surface area contributed by atoms with Crippen LogP contribution in [0.15, 0.2) is 0 Å². The van der Waals surface area contributed by atoms with E-state index in [0.717, 1.165) is 19.3 Å². The van der Waals surface area contributed by atoms with E-state index in [2.05, 4.69) is 5.32 Å². The van der Waals surface area contributed by atoms with Crippen molar-refractivity contribution in [2.45, 2.75) is 32.6 Å². The molecule has 2 N–H and O–H groups in total. The molecule has 0 aromatic rings. The lowest BCUT2D eigenvalue weighted by molar-refractivity contribution is -0.121. The average Bonchev–Trinajstić information content (AvgIpc) is 2.17.